The fraction of sp³-hybridized carbons (Fsp3) is 0.444. The van der Waals surface area contributed by atoms with Crippen molar-refractivity contribution < 1.29 is 13.9 Å². The van der Waals surface area contributed by atoms with Crippen molar-refractivity contribution in [1.82, 2.24) is 4.98 Å². The molecule has 0 atom stereocenters. The van der Waals surface area contributed by atoms with Crippen LogP contribution >= 0.6 is 0 Å². The third-order valence-electron chi connectivity index (χ3n) is 1.69. The van der Waals surface area contributed by atoms with E-state index in [1.165, 1.54) is 12.1 Å². The van der Waals surface area contributed by atoms with Crippen LogP contribution in [0.1, 0.15) is 17.8 Å². The molecule has 0 saturated heterocycles. The van der Waals surface area contributed by atoms with Crippen LogP contribution in [0.5, 0.6) is 0 Å². The van der Waals surface area contributed by atoms with Gasteiger partial charge in [-0.2, -0.15) is 8.78 Å². The van der Waals surface area contributed by atoms with Crippen molar-refractivity contribution in [3.8, 4) is 0 Å². The van der Waals surface area contributed by atoms with Gasteiger partial charge in [-0.25, -0.2) is 0 Å². The first kappa shape index (κ1) is 10.1. The fourth-order valence-corrected chi connectivity index (χ4v) is 1.02. The van der Waals surface area contributed by atoms with E-state index in [9.17, 15) is 8.78 Å². The second-order valence-electron chi connectivity index (χ2n) is 2.84. The molecular formula is C9H11F2NO. The molecule has 4 heteroatoms. The molecular weight excluding hydrogens is 176 g/mol. The zero-order valence-electron chi connectivity index (χ0n) is 7.30. The molecule has 0 aliphatic heterocycles. The highest BCUT2D eigenvalue weighted by Crippen LogP contribution is 2.29. The number of halogens is 2. The van der Waals surface area contributed by atoms with Crippen LogP contribution in [-0.4, -0.2) is 16.7 Å². The van der Waals surface area contributed by atoms with Crippen LogP contribution in [0, 0.1) is 6.92 Å². The first-order chi connectivity index (χ1) is 6.06. The molecule has 0 saturated carbocycles. The van der Waals surface area contributed by atoms with Crippen molar-refractivity contribution in [2.45, 2.75) is 19.3 Å². The van der Waals surface area contributed by atoms with Crippen molar-refractivity contribution in [3.63, 3.8) is 0 Å². The Labute approximate surface area is 75.2 Å². The van der Waals surface area contributed by atoms with Gasteiger partial charge in [-0.15, -0.1) is 0 Å². The average molecular weight is 187 g/mol. The number of alkyl halides is 2. The van der Waals surface area contributed by atoms with Crippen molar-refractivity contribution in [2.75, 3.05) is 6.61 Å². The molecule has 1 heterocycles. The van der Waals surface area contributed by atoms with Crippen LogP contribution < -0.4 is 0 Å². The highest BCUT2D eigenvalue weighted by Gasteiger charge is 2.32. The van der Waals surface area contributed by atoms with Gasteiger partial charge < -0.3 is 5.11 Å². The lowest BCUT2D eigenvalue weighted by Gasteiger charge is -2.14. The molecule has 13 heavy (non-hydrogen) atoms. The number of rotatable bonds is 3. The van der Waals surface area contributed by atoms with Gasteiger partial charge in [0.2, 0.25) is 0 Å². The summed E-state index contributed by atoms with van der Waals surface area (Å²) in [5.41, 5.74) is 0.275. The lowest BCUT2D eigenvalue weighted by molar-refractivity contribution is -0.0311. The highest BCUT2D eigenvalue weighted by atomic mass is 19.3. The number of hydrogen-bond donors (Lipinski definition) is 1. The number of aryl methyl sites for hydroxylation is 1. The lowest BCUT2D eigenvalue weighted by Crippen LogP contribution is -2.17. The summed E-state index contributed by atoms with van der Waals surface area (Å²) in [5, 5.41) is 8.42. The van der Waals surface area contributed by atoms with Crippen molar-refractivity contribution in [1.29, 1.82) is 0 Å². The summed E-state index contributed by atoms with van der Waals surface area (Å²) in [4.78, 5) is 3.70. The Balaban J connectivity index is 2.93. The Bertz CT molecular complexity index is 289. The van der Waals surface area contributed by atoms with E-state index in [1.807, 2.05) is 0 Å². The molecule has 72 valence electrons. The topological polar surface area (TPSA) is 33.1 Å². The first-order valence-corrected chi connectivity index (χ1v) is 3.99. The average Bonchev–Trinajstić information content (AvgIpc) is 2.04. The van der Waals surface area contributed by atoms with Gasteiger partial charge in [0.25, 0.3) is 5.92 Å². The van der Waals surface area contributed by atoms with E-state index in [-0.39, 0.29) is 5.69 Å². The van der Waals surface area contributed by atoms with Gasteiger partial charge in [0.15, 0.2) is 0 Å². The van der Waals surface area contributed by atoms with E-state index in [2.05, 4.69) is 4.98 Å². The molecule has 0 aliphatic rings. The molecule has 1 aromatic heterocycles. The quantitative estimate of drug-likeness (QED) is 0.783. The lowest BCUT2D eigenvalue weighted by atomic mass is 10.1. The van der Waals surface area contributed by atoms with Gasteiger partial charge in [0.1, 0.15) is 5.69 Å². The zero-order valence-corrected chi connectivity index (χ0v) is 7.30. The Morgan fingerprint density at radius 3 is 2.69 bits per heavy atom. The summed E-state index contributed by atoms with van der Waals surface area (Å²) < 4.78 is 26.2. The third-order valence-corrected chi connectivity index (χ3v) is 1.69. The zero-order chi connectivity index (χ0) is 9.90. The Morgan fingerprint density at radius 2 is 2.15 bits per heavy atom. The third kappa shape index (κ3) is 2.45. The van der Waals surface area contributed by atoms with Gasteiger partial charge >= 0.3 is 0 Å². The highest BCUT2D eigenvalue weighted by molar-refractivity contribution is 5.14. The first-order valence-electron chi connectivity index (χ1n) is 3.99. The molecule has 0 spiro atoms. The molecule has 1 rings (SSSR count). The SMILES string of the molecule is Cc1cccc(C(F)(F)CCO)n1. The molecule has 0 radical (unpaired) electrons. The standard InChI is InChI=1S/C9H11F2NO/c1-7-3-2-4-8(12-7)9(10,11)5-6-13/h2-4,13H,5-6H2,1H3. The van der Waals surface area contributed by atoms with Crippen LogP contribution in [0.25, 0.3) is 0 Å². The number of pyridine rings is 1. The number of aromatic nitrogens is 1. The van der Waals surface area contributed by atoms with E-state index in [0.29, 0.717) is 5.69 Å². The molecule has 1 aromatic rings. The van der Waals surface area contributed by atoms with Crippen LogP contribution in [0.15, 0.2) is 18.2 Å². The van der Waals surface area contributed by atoms with E-state index < -0.39 is 19.0 Å². The maximum absolute atomic E-state index is 13.1. The van der Waals surface area contributed by atoms with Gasteiger partial charge in [-0.1, -0.05) is 6.07 Å². The predicted molar refractivity (Wildman–Crippen MR) is 44.6 cm³/mol. The molecule has 0 fully saturated rings. The van der Waals surface area contributed by atoms with E-state index in [1.54, 1.807) is 13.0 Å². The largest absolute Gasteiger partial charge is 0.396 e. The van der Waals surface area contributed by atoms with Crippen LogP contribution in [0.4, 0.5) is 8.78 Å². The van der Waals surface area contributed by atoms with Crippen molar-refractivity contribution in [2.24, 2.45) is 0 Å². The molecule has 0 unspecified atom stereocenters. The van der Waals surface area contributed by atoms with Crippen LogP contribution in [0.2, 0.25) is 0 Å². The smallest absolute Gasteiger partial charge is 0.291 e. The summed E-state index contributed by atoms with van der Waals surface area (Å²) in [6.45, 7) is 1.11. The molecule has 0 bridgehead atoms. The van der Waals surface area contributed by atoms with Gasteiger partial charge in [0.05, 0.1) is 0 Å². The minimum atomic E-state index is -3.03. The molecule has 0 aliphatic carbocycles. The maximum Gasteiger partial charge on any atom is 0.291 e. The molecule has 0 amide bonds. The molecule has 0 aromatic carbocycles. The monoisotopic (exact) mass is 187 g/mol. The van der Waals surface area contributed by atoms with Crippen molar-refractivity contribution in [3.05, 3.63) is 29.6 Å². The van der Waals surface area contributed by atoms with Gasteiger partial charge in [0, 0.05) is 18.7 Å². The summed E-state index contributed by atoms with van der Waals surface area (Å²) in [6.07, 6.45) is -0.580. The summed E-state index contributed by atoms with van der Waals surface area (Å²) in [5.74, 6) is -3.03. The van der Waals surface area contributed by atoms with E-state index in [4.69, 9.17) is 5.11 Å². The normalized spacial score (nSPS) is 11.7. The fourth-order valence-electron chi connectivity index (χ4n) is 1.02. The van der Waals surface area contributed by atoms with Gasteiger partial charge in [-0.3, -0.25) is 4.98 Å². The number of nitrogens with zero attached hydrogens (tertiary/aromatic N) is 1. The summed E-state index contributed by atoms with van der Waals surface area (Å²) in [6, 6.07) is 4.45. The number of aliphatic hydroxyl groups excluding tert-OH is 1. The van der Waals surface area contributed by atoms with Gasteiger partial charge in [-0.05, 0) is 19.1 Å². The molecule has 1 N–H and O–H groups in total. The van der Waals surface area contributed by atoms with Crippen LogP contribution in [-0.2, 0) is 5.92 Å². The summed E-state index contributed by atoms with van der Waals surface area (Å²) in [7, 11) is 0. The Morgan fingerprint density at radius 1 is 1.46 bits per heavy atom. The van der Waals surface area contributed by atoms with Crippen LogP contribution in [0.3, 0.4) is 0 Å². The summed E-state index contributed by atoms with van der Waals surface area (Å²) >= 11 is 0. The Kier molecular flexibility index (Phi) is 2.93. The predicted octanol–water partition coefficient (Wildman–Crippen LogP) is 1.86. The minimum Gasteiger partial charge on any atom is -0.396 e. The second-order valence-corrected chi connectivity index (χ2v) is 2.84. The number of hydrogen-bond acceptors (Lipinski definition) is 2. The molecule has 2 nitrogen and oxygen atoms in total. The van der Waals surface area contributed by atoms with Crippen molar-refractivity contribution >= 4 is 0 Å². The number of aliphatic hydroxyl groups is 1. The Hall–Kier alpha value is -1.03. The minimum absolute atomic E-state index is 0.276. The van der Waals surface area contributed by atoms with E-state index in [0.717, 1.165) is 0 Å². The maximum atomic E-state index is 13.1. The van der Waals surface area contributed by atoms with E-state index >= 15 is 0 Å². The second kappa shape index (κ2) is 3.79.